The van der Waals surface area contributed by atoms with Crippen molar-refractivity contribution in [3.8, 4) is 0 Å². The maximum absolute atomic E-state index is 14.9. The summed E-state index contributed by atoms with van der Waals surface area (Å²) in [6, 6.07) is 13.0. The van der Waals surface area contributed by atoms with E-state index in [0.29, 0.717) is 12.0 Å². The molecule has 2 aromatic carbocycles. The Kier molecular flexibility index (Phi) is 8.15. The van der Waals surface area contributed by atoms with Crippen molar-refractivity contribution in [1.82, 2.24) is 15.6 Å². The lowest BCUT2D eigenvalue weighted by Crippen LogP contribution is -2.46. The lowest BCUT2D eigenvalue weighted by Gasteiger charge is -2.24. The Morgan fingerprint density at radius 2 is 1.91 bits per heavy atom. The van der Waals surface area contributed by atoms with E-state index < -0.39 is 40.9 Å². The highest BCUT2D eigenvalue weighted by atomic mass is 35.5. The number of nitrogens with zero attached hydrogens (tertiary/aromatic N) is 2. The summed E-state index contributed by atoms with van der Waals surface area (Å²) in [5.74, 6) is -0.983. The van der Waals surface area contributed by atoms with E-state index >= 15 is 0 Å². The van der Waals surface area contributed by atoms with Crippen LogP contribution in [0.15, 0.2) is 53.6 Å². The van der Waals surface area contributed by atoms with Crippen LogP contribution < -0.4 is 10.6 Å². The SMILES string of the molecule is CN1N=CC(Cl)C1c1ccc(C(=O)NC(CNC(=O)OC(C)(C)C)Cc2ccccc2)cc1F. The normalized spacial score (nSPS) is 18.5. The molecule has 3 atom stereocenters. The van der Waals surface area contributed by atoms with Gasteiger partial charge in [0.1, 0.15) is 11.4 Å². The molecule has 1 aliphatic heterocycles. The molecule has 9 heteroatoms. The van der Waals surface area contributed by atoms with Crippen molar-refractivity contribution < 1.29 is 18.7 Å². The summed E-state index contributed by atoms with van der Waals surface area (Å²) in [5.41, 5.74) is 0.883. The molecule has 0 spiro atoms. The van der Waals surface area contributed by atoms with Crippen LogP contribution >= 0.6 is 11.6 Å². The van der Waals surface area contributed by atoms with Crippen molar-refractivity contribution in [2.45, 2.75) is 50.3 Å². The summed E-state index contributed by atoms with van der Waals surface area (Å²) in [6.07, 6.45) is 1.45. The number of hydrazone groups is 1. The number of amides is 2. The first-order valence-corrected chi connectivity index (χ1v) is 11.5. The minimum atomic E-state index is -0.637. The average molecular weight is 489 g/mol. The molecule has 3 unspecified atom stereocenters. The largest absolute Gasteiger partial charge is 0.444 e. The number of halogens is 2. The average Bonchev–Trinajstić information content (AvgIpc) is 3.09. The Morgan fingerprint density at radius 3 is 2.50 bits per heavy atom. The summed E-state index contributed by atoms with van der Waals surface area (Å²) in [6.45, 7) is 5.47. The summed E-state index contributed by atoms with van der Waals surface area (Å²) < 4.78 is 20.2. The first-order valence-electron chi connectivity index (χ1n) is 11.1. The van der Waals surface area contributed by atoms with E-state index in [-0.39, 0.29) is 12.1 Å². The maximum Gasteiger partial charge on any atom is 0.407 e. The van der Waals surface area contributed by atoms with E-state index in [1.807, 2.05) is 30.3 Å². The zero-order valence-electron chi connectivity index (χ0n) is 19.7. The van der Waals surface area contributed by atoms with Gasteiger partial charge in [-0.15, -0.1) is 11.6 Å². The van der Waals surface area contributed by atoms with Gasteiger partial charge in [0.15, 0.2) is 0 Å². The number of carbonyl (C=O) groups is 2. The van der Waals surface area contributed by atoms with Crippen LogP contribution in [0, 0.1) is 5.82 Å². The molecule has 0 saturated heterocycles. The van der Waals surface area contributed by atoms with Crippen molar-refractivity contribution in [3.05, 3.63) is 71.0 Å². The van der Waals surface area contributed by atoms with E-state index in [4.69, 9.17) is 16.3 Å². The number of hydrogen-bond acceptors (Lipinski definition) is 5. The number of nitrogens with one attached hydrogen (secondary N) is 2. The van der Waals surface area contributed by atoms with E-state index in [9.17, 15) is 14.0 Å². The first-order chi connectivity index (χ1) is 16.0. The fourth-order valence-electron chi connectivity index (χ4n) is 3.67. The first kappa shape index (κ1) is 25.5. The van der Waals surface area contributed by atoms with Crippen molar-refractivity contribution in [1.29, 1.82) is 0 Å². The third-order valence-corrected chi connectivity index (χ3v) is 5.58. The van der Waals surface area contributed by atoms with Gasteiger partial charge in [0.25, 0.3) is 5.91 Å². The highest BCUT2D eigenvalue weighted by Gasteiger charge is 2.31. The van der Waals surface area contributed by atoms with Crippen LogP contribution in [0.1, 0.15) is 48.3 Å². The van der Waals surface area contributed by atoms with Gasteiger partial charge in [-0.3, -0.25) is 9.80 Å². The van der Waals surface area contributed by atoms with Gasteiger partial charge in [-0.05, 0) is 44.9 Å². The molecule has 0 aliphatic carbocycles. The van der Waals surface area contributed by atoms with Gasteiger partial charge in [0.2, 0.25) is 0 Å². The number of alkyl carbamates (subject to hydrolysis) is 1. The van der Waals surface area contributed by atoms with Gasteiger partial charge in [-0.2, -0.15) is 5.10 Å². The third kappa shape index (κ3) is 6.93. The number of carbonyl (C=O) groups excluding carboxylic acids is 2. The minimum Gasteiger partial charge on any atom is -0.444 e. The number of rotatable bonds is 7. The van der Waals surface area contributed by atoms with Crippen LogP contribution in [0.2, 0.25) is 0 Å². The van der Waals surface area contributed by atoms with Gasteiger partial charge in [0.05, 0.1) is 17.5 Å². The quantitative estimate of drug-likeness (QED) is 0.570. The second-order valence-electron chi connectivity index (χ2n) is 9.21. The predicted octanol–water partition coefficient (Wildman–Crippen LogP) is 4.27. The van der Waals surface area contributed by atoms with Gasteiger partial charge in [-0.25, -0.2) is 9.18 Å². The van der Waals surface area contributed by atoms with Gasteiger partial charge in [-0.1, -0.05) is 36.4 Å². The number of benzene rings is 2. The number of hydrogen-bond donors (Lipinski definition) is 2. The Hall–Kier alpha value is -3.13. The van der Waals surface area contributed by atoms with Crippen LogP contribution in [0.5, 0.6) is 0 Å². The van der Waals surface area contributed by atoms with E-state index in [1.165, 1.54) is 6.07 Å². The third-order valence-electron chi connectivity index (χ3n) is 5.23. The van der Waals surface area contributed by atoms with Gasteiger partial charge in [0, 0.05) is 30.9 Å². The summed E-state index contributed by atoms with van der Waals surface area (Å²) in [4.78, 5) is 25.1. The molecular weight excluding hydrogens is 459 g/mol. The second kappa shape index (κ2) is 10.9. The molecule has 34 heavy (non-hydrogen) atoms. The van der Waals surface area contributed by atoms with Crippen LogP contribution in [0.4, 0.5) is 9.18 Å². The Bertz CT molecular complexity index is 1030. The zero-order chi connectivity index (χ0) is 24.9. The predicted molar refractivity (Wildman–Crippen MR) is 131 cm³/mol. The molecular formula is C25H30ClFN4O3. The molecule has 0 fully saturated rings. The maximum atomic E-state index is 14.9. The summed E-state index contributed by atoms with van der Waals surface area (Å²) in [7, 11) is 1.72. The topological polar surface area (TPSA) is 83.0 Å². The highest BCUT2D eigenvalue weighted by molar-refractivity contribution is 6.29. The molecule has 0 saturated carbocycles. The lowest BCUT2D eigenvalue weighted by atomic mass is 10.0. The highest BCUT2D eigenvalue weighted by Crippen LogP contribution is 2.32. The van der Waals surface area contributed by atoms with Gasteiger partial charge < -0.3 is 15.4 Å². The molecule has 0 radical (unpaired) electrons. The second-order valence-corrected chi connectivity index (χ2v) is 9.71. The molecule has 2 N–H and O–H groups in total. The van der Waals surface area contributed by atoms with Gasteiger partial charge >= 0.3 is 6.09 Å². The fourth-order valence-corrected chi connectivity index (χ4v) is 4.02. The molecule has 1 aliphatic rings. The Balaban J connectivity index is 1.71. The summed E-state index contributed by atoms with van der Waals surface area (Å²) >= 11 is 6.25. The smallest absolute Gasteiger partial charge is 0.407 e. The standard InChI is InChI=1S/C25H30ClFN4O3/c1-25(2,3)34-24(33)28-14-18(12-16-8-6-5-7-9-16)30-23(32)17-10-11-19(21(27)13-17)22-20(26)15-29-31(22)4/h5-11,13,15,18,20,22H,12,14H2,1-4H3,(H,28,33)(H,30,32). The summed E-state index contributed by atoms with van der Waals surface area (Å²) in [5, 5.41) is 10.8. The molecule has 7 nitrogen and oxygen atoms in total. The van der Waals surface area contributed by atoms with Crippen molar-refractivity contribution in [3.63, 3.8) is 0 Å². The molecule has 0 bridgehead atoms. The monoisotopic (exact) mass is 488 g/mol. The van der Waals surface area contributed by atoms with E-state index in [2.05, 4.69) is 15.7 Å². The van der Waals surface area contributed by atoms with Crippen LogP contribution in [-0.4, -0.2) is 53.8 Å². The van der Waals surface area contributed by atoms with Crippen LogP contribution in [0.3, 0.4) is 0 Å². The molecule has 3 rings (SSSR count). The van der Waals surface area contributed by atoms with Crippen LogP contribution in [-0.2, 0) is 11.2 Å². The fraction of sp³-hybridized carbons (Fsp3) is 0.400. The molecule has 2 amide bonds. The van der Waals surface area contributed by atoms with E-state index in [1.54, 1.807) is 51.2 Å². The zero-order valence-corrected chi connectivity index (χ0v) is 20.5. The molecule has 182 valence electrons. The van der Waals surface area contributed by atoms with Crippen molar-refractivity contribution in [2.24, 2.45) is 5.10 Å². The Labute approximate surface area is 204 Å². The van der Waals surface area contributed by atoms with E-state index in [0.717, 1.165) is 5.56 Å². The molecule has 2 aromatic rings. The van der Waals surface area contributed by atoms with Crippen molar-refractivity contribution in [2.75, 3.05) is 13.6 Å². The lowest BCUT2D eigenvalue weighted by molar-refractivity contribution is 0.0519. The molecule has 0 aromatic heterocycles. The minimum absolute atomic E-state index is 0.147. The van der Waals surface area contributed by atoms with Crippen molar-refractivity contribution >= 4 is 29.8 Å². The van der Waals surface area contributed by atoms with Crippen LogP contribution in [0.25, 0.3) is 0 Å². The molecule has 1 heterocycles. The number of ether oxygens (including phenoxy) is 1. The Morgan fingerprint density at radius 1 is 1.21 bits per heavy atom. The number of alkyl halides is 1.